The Morgan fingerprint density at radius 3 is 1.45 bits per heavy atom. The SMILES string of the molecule is COP(=O)(F)OC.c1ccc(Sc2ccccc2)cc1. The maximum Gasteiger partial charge on any atom is 0.512 e. The van der Waals surface area contributed by atoms with Crippen LogP contribution in [0, 0.1) is 0 Å². The maximum atomic E-state index is 11.7. The number of halogens is 1. The highest BCUT2D eigenvalue weighted by molar-refractivity contribution is 7.99. The van der Waals surface area contributed by atoms with Crippen LogP contribution in [-0.4, -0.2) is 14.2 Å². The quantitative estimate of drug-likeness (QED) is 0.727. The topological polar surface area (TPSA) is 35.5 Å². The molecule has 0 radical (unpaired) electrons. The highest BCUT2D eigenvalue weighted by atomic mass is 32.2. The molecule has 2 aromatic carbocycles. The summed E-state index contributed by atoms with van der Waals surface area (Å²) in [5.74, 6) is 0. The van der Waals surface area contributed by atoms with Crippen molar-refractivity contribution in [3.63, 3.8) is 0 Å². The van der Waals surface area contributed by atoms with E-state index in [1.54, 1.807) is 11.8 Å². The molecular weight excluding hydrogens is 298 g/mol. The fourth-order valence-corrected chi connectivity index (χ4v) is 2.20. The molecule has 0 unspecified atom stereocenters. The Morgan fingerprint density at radius 2 is 1.20 bits per heavy atom. The molecule has 0 bridgehead atoms. The van der Waals surface area contributed by atoms with Crippen LogP contribution in [0.5, 0.6) is 0 Å². The molecule has 0 saturated heterocycles. The lowest BCUT2D eigenvalue weighted by Crippen LogP contribution is -1.77. The van der Waals surface area contributed by atoms with E-state index >= 15 is 0 Å². The highest BCUT2D eigenvalue weighted by Gasteiger charge is 2.17. The molecule has 0 fully saturated rings. The molecule has 0 aliphatic heterocycles. The Kier molecular flexibility index (Phi) is 7.55. The molecule has 3 nitrogen and oxygen atoms in total. The maximum absolute atomic E-state index is 11.7. The van der Waals surface area contributed by atoms with E-state index in [2.05, 4.69) is 57.6 Å². The predicted octanol–water partition coefficient (Wildman–Crippen LogP) is 5.19. The summed E-state index contributed by atoms with van der Waals surface area (Å²) in [6.45, 7) is 0. The standard InChI is InChI=1S/C12H10S.C2H6FO3P/c1-3-7-11(8-4-1)13-12-9-5-2-6-10-12;1-5-7(3,4)6-2/h1-10H;1-2H3. The van der Waals surface area contributed by atoms with E-state index in [9.17, 15) is 8.76 Å². The fourth-order valence-electron chi connectivity index (χ4n) is 1.19. The summed E-state index contributed by atoms with van der Waals surface area (Å²) in [5.41, 5.74) is 0. The molecule has 2 rings (SSSR count). The highest BCUT2D eigenvalue weighted by Crippen LogP contribution is 2.47. The van der Waals surface area contributed by atoms with Gasteiger partial charge in [-0.25, -0.2) is 4.57 Å². The zero-order valence-electron chi connectivity index (χ0n) is 11.2. The van der Waals surface area contributed by atoms with Gasteiger partial charge in [0.15, 0.2) is 0 Å². The van der Waals surface area contributed by atoms with Gasteiger partial charge in [-0.2, -0.15) is 0 Å². The summed E-state index contributed by atoms with van der Waals surface area (Å²) >= 11 is 1.79. The van der Waals surface area contributed by atoms with E-state index in [1.165, 1.54) is 9.79 Å². The molecule has 0 aliphatic carbocycles. The van der Waals surface area contributed by atoms with Crippen molar-refractivity contribution >= 4 is 19.7 Å². The largest absolute Gasteiger partial charge is 0.512 e. The minimum Gasteiger partial charge on any atom is -0.287 e. The van der Waals surface area contributed by atoms with Crippen molar-refractivity contribution in [1.82, 2.24) is 0 Å². The Morgan fingerprint density at radius 1 is 0.850 bits per heavy atom. The van der Waals surface area contributed by atoms with Gasteiger partial charge < -0.3 is 0 Å². The first kappa shape index (κ1) is 16.9. The molecule has 0 aromatic heterocycles. The number of hydrogen-bond donors (Lipinski definition) is 0. The van der Waals surface area contributed by atoms with Crippen molar-refractivity contribution in [3.8, 4) is 0 Å². The first-order chi connectivity index (χ1) is 9.57. The minimum atomic E-state index is -4.15. The number of rotatable bonds is 4. The van der Waals surface area contributed by atoms with Gasteiger partial charge in [0.2, 0.25) is 0 Å². The van der Waals surface area contributed by atoms with Crippen LogP contribution in [0.4, 0.5) is 4.20 Å². The van der Waals surface area contributed by atoms with Crippen LogP contribution < -0.4 is 0 Å². The summed E-state index contributed by atoms with van der Waals surface area (Å²) in [7, 11) is -2.20. The van der Waals surface area contributed by atoms with E-state index in [-0.39, 0.29) is 0 Å². The molecular formula is C14H16FO3PS. The van der Waals surface area contributed by atoms with Crippen LogP contribution in [-0.2, 0) is 13.6 Å². The van der Waals surface area contributed by atoms with Crippen LogP contribution in [0.2, 0.25) is 0 Å². The van der Waals surface area contributed by atoms with E-state index in [0.29, 0.717) is 0 Å². The summed E-state index contributed by atoms with van der Waals surface area (Å²) in [6.07, 6.45) is 0. The van der Waals surface area contributed by atoms with E-state index in [4.69, 9.17) is 0 Å². The Bertz CT molecular complexity index is 491. The van der Waals surface area contributed by atoms with Gasteiger partial charge in [-0.3, -0.25) is 9.05 Å². The third-order valence-corrected chi connectivity index (χ3v) is 4.05. The average Bonchev–Trinajstić information content (AvgIpc) is 2.50. The number of benzene rings is 2. The van der Waals surface area contributed by atoms with Gasteiger partial charge in [-0.05, 0) is 24.3 Å². The minimum absolute atomic E-state index is 0.976. The lowest BCUT2D eigenvalue weighted by Gasteiger charge is -1.99. The van der Waals surface area contributed by atoms with Crippen molar-refractivity contribution < 1.29 is 17.8 Å². The fraction of sp³-hybridized carbons (Fsp3) is 0.143. The molecule has 6 heteroatoms. The zero-order chi connectivity index (χ0) is 14.8. The van der Waals surface area contributed by atoms with Crippen LogP contribution in [0.1, 0.15) is 0 Å². The lowest BCUT2D eigenvalue weighted by atomic mass is 10.4. The van der Waals surface area contributed by atoms with E-state index in [1.807, 2.05) is 12.1 Å². The number of hydrogen-bond acceptors (Lipinski definition) is 4. The van der Waals surface area contributed by atoms with Gasteiger partial charge >= 0.3 is 7.91 Å². The van der Waals surface area contributed by atoms with Crippen LogP contribution >= 0.6 is 19.7 Å². The average molecular weight is 314 g/mol. The van der Waals surface area contributed by atoms with Gasteiger partial charge in [0.25, 0.3) is 0 Å². The summed E-state index contributed by atoms with van der Waals surface area (Å²) in [4.78, 5) is 2.57. The molecule has 0 atom stereocenters. The van der Waals surface area contributed by atoms with Crippen LogP contribution in [0.3, 0.4) is 0 Å². The normalized spacial score (nSPS) is 10.6. The summed E-state index contributed by atoms with van der Waals surface area (Å²) in [6, 6.07) is 20.8. The van der Waals surface area contributed by atoms with Gasteiger partial charge in [-0.15, -0.1) is 4.20 Å². The Balaban J connectivity index is 0.000000246. The molecule has 0 N–H and O–H groups in total. The molecule has 20 heavy (non-hydrogen) atoms. The second-order valence-corrected chi connectivity index (χ2v) is 6.26. The second kappa shape index (κ2) is 8.93. The van der Waals surface area contributed by atoms with E-state index < -0.39 is 7.91 Å². The van der Waals surface area contributed by atoms with Gasteiger partial charge in [0.1, 0.15) is 0 Å². The molecule has 0 aliphatic rings. The van der Waals surface area contributed by atoms with Crippen molar-refractivity contribution in [2.75, 3.05) is 14.2 Å². The Hall–Kier alpha value is -1.13. The lowest BCUT2D eigenvalue weighted by molar-refractivity contribution is 0.238. The first-order valence-electron chi connectivity index (χ1n) is 5.76. The molecule has 0 spiro atoms. The molecule has 0 saturated carbocycles. The van der Waals surface area contributed by atoms with Crippen molar-refractivity contribution in [3.05, 3.63) is 60.7 Å². The summed E-state index contributed by atoms with van der Waals surface area (Å²) in [5, 5.41) is 0. The van der Waals surface area contributed by atoms with Gasteiger partial charge in [-0.1, -0.05) is 48.2 Å². The third kappa shape index (κ3) is 6.87. The molecule has 2 aromatic rings. The van der Waals surface area contributed by atoms with Crippen LogP contribution in [0.15, 0.2) is 70.5 Å². The van der Waals surface area contributed by atoms with E-state index in [0.717, 1.165) is 14.2 Å². The molecule has 108 valence electrons. The zero-order valence-corrected chi connectivity index (χ0v) is 12.9. The van der Waals surface area contributed by atoms with Crippen LogP contribution in [0.25, 0.3) is 0 Å². The van der Waals surface area contributed by atoms with Crippen molar-refractivity contribution in [2.45, 2.75) is 9.79 Å². The monoisotopic (exact) mass is 314 g/mol. The van der Waals surface area contributed by atoms with Gasteiger partial charge in [0, 0.05) is 24.0 Å². The van der Waals surface area contributed by atoms with Crippen molar-refractivity contribution in [2.24, 2.45) is 0 Å². The smallest absolute Gasteiger partial charge is 0.287 e. The third-order valence-electron chi connectivity index (χ3n) is 2.16. The summed E-state index contributed by atoms with van der Waals surface area (Å²) < 4.78 is 29.0. The van der Waals surface area contributed by atoms with Crippen molar-refractivity contribution in [1.29, 1.82) is 0 Å². The second-order valence-electron chi connectivity index (χ2n) is 3.52. The molecule has 0 amide bonds. The molecule has 0 heterocycles. The van der Waals surface area contributed by atoms with Gasteiger partial charge in [0.05, 0.1) is 0 Å². The Labute approximate surface area is 122 Å². The predicted molar refractivity (Wildman–Crippen MR) is 79.7 cm³/mol. The first-order valence-corrected chi connectivity index (χ1v) is 8.01.